The number of aryl methyl sites for hydroxylation is 1. The molecule has 0 aliphatic carbocycles. The molecular weight excluding hydrogens is 326 g/mol. The normalized spacial score (nSPS) is 22.6. The molecule has 1 aromatic rings. The lowest BCUT2D eigenvalue weighted by molar-refractivity contribution is 0.135. The van der Waals surface area contributed by atoms with Crippen LogP contribution in [0.5, 0.6) is 0 Å². The Morgan fingerprint density at radius 2 is 2.04 bits per heavy atom. The number of nitrogens with one attached hydrogen (secondary N) is 1. The summed E-state index contributed by atoms with van der Waals surface area (Å²) >= 11 is 0. The number of likely N-dealkylation sites (tertiary alicyclic amines) is 2. The van der Waals surface area contributed by atoms with Crippen LogP contribution in [0.15, 0.2) is 12.3 Å². The van der Waals surface area contributed by atoms with E-state index in [1.807, 2.05) is 24.1 Å². The van der Waals surface area contributed by atoms with Gasteiger partial charge in [0, 0.05) is 50.0 Å². The van der Waals surface area contributed by atoms with Crippen molar-refractivity contribution >= 4 is 6.03 Å². The van der Waals surface area contributed by atoms with Crippen molar-refractivity contribution in [3.05, 3.63) is 23.8 Å². The third-order valence-corrected chi connectivity index (χ3v) is 5.82. The predicted molar refractivity (Wildman–Crippen MR) is 103 cm³/mol. The quantitative estimate of drug-likeness (QED) is 0.898. The first-order chi connectivity index (χ1) is 12.5. The Labute approximate surface area is 157 Å². The minimum absolute atomic E-state index is 0.101. The highest BCUT2D eigenvalue weighted by Gasteiger charge is 2.26. The standard InChI is InChI=1S/C20H33N5O/c1-15(2)25-10-4-5-17(14-25)13-22-20(26)24-11-7-18(8-12-24)19-6-9-21-16(3)23-19/h6,9,15,17-18H,4-5,7-8,10-14H2,1-3H3,(H,22,26). The molecule has 0 spiro atoms. The molecule has 144 valence electrons. The summed E-state index contributed by atoms with van der Waals surface area (Å²) in [7, 11) is 0. The number of urea groups is 1. The van der Waals surface area contributed by atoms with Gasteiger partial charge >= 0.3 is 6.03 Å². The molecule has 3 heterocycles. The number of hydrogen-bond donors (Lipinski definition) is 1. The van der Waals surface area contributed by atoms with Crippen LogP contribution in [0.4, 0.5) is 4.79 Å². The van der Waals surface area contributed by atoms with Crippen molar-refractivity contribution in [1.82, 2.24) is 25.1 Å². The lowest BCUT2D eigenvalue weighted by atomic mass is 9.93. The molecule has 1 atom stereocenters. The molecule has 3 rings (SSSR count). The maximum atomic E-state index is 12.5. The van der Waals surface area contributed by atoms with Gasteiger partial charge in [-0.2, -0.15) is 0 Å². The summed E-state index contributed by atoms with van der Waals surface area (Å²) in [5.41, 5.74) is 1.12. The minimum atomic E-state index is 0.101. The van der Waals surface area contributed by atoms with Crippen molar-refractivity contribution < 1.29 is 4.79 Å². The highest BCUT2D eigenvalue weighted by atomic mass is 16.2. The highest BCUT2D eigenvalue weighted by Crippen LogP contribution is 2.26. The Morgan fingerprint density at radius 1 is 1.27 bits per heavy atom. The summed E-state index contributed by atoms with van der Waals surface area (Å²) in [6, 6.07) is 2.71. The second-order valence-corrected chi connectivity index (χ2v) is 8.07. The van der Waals surface area contributed by atoms with Gasteiger partial charge in [-0.3, -0.25) is 0 Å². The Hall–Kier alpha value is -1.69. The van der Waals surface area contributed by atoms with E-state index >= 15 is 0 Å². The summed E-state index contributed by atoms with van der Waals surface area (Å²) in [5.74, 6) is 1.85. The number of rotatable bonds is 4. The molecule has 6 heteroatoms. The van der Waals surface area contributed by atoms with Gasteiger partial charge in [0.05, 0.1) is 0 Å². The Morgan fingerprint density at radius 3 is 2.73 bits per heavy atom. The number of hydrogen-bond acceptors (Lipinski definition) is 4. The van der Waals surface area contributed by atoms with E-state index < -0.39 is 0 Å². The van der Waals surface area contributed by atoms with Crippen LogP contribution in [0.25, 0.3) is 0 Å². The molecule has 2 amide bonds. The number of amides is 2. The first kappa shape index (κ1) is 19.1. The monoisotopic (exact) mass is 359 g/mol. The van der Waals surface area contributed by atoms with Gasteiger partial charge in [0.2, 0.25) is 0 Å². The molecule has 2 aliphatic heterocycles. The first-order valence-corrected chi connectivity index (χ1v) is 10.1. The topological polar surface area (TPSA) is 61.4 Å². The zero-order valence-corrected chi connectivity index (χ0v) is 16.4. The molecule has 0 aromatic carbocycles. The maximum absolute atomic E-state index is 12.5. The van der Waals surface area contributed by atoms with Crippen molar-refractivity contribution in [2.45, 2.75) is 58.4 Å². The fourth-order valence-corrected chi connectivity index (χ4v) is 4.16. The van der Waals surface area contributed by atoms with Gasteiger partial charge in [-0.15, -0.1) is 0 Å². The van der Waals surface area contributed by atoms with E-state index in [-0.39, 0.29) is 6.03 Å². The van der Waals surface area contributed by atoms with Crippen molar-refractivity contribution in [1.29, 1.82) is 0 Å². The molecule has 2 fully saturated rings. The van der Waals surface area contributed by atoms with Crippen molar-refractivity contribution in [3.8, 4) is 0 Å². The summed E-state index contributed by atoms with van der Waals surface area (Å²) in [6.45, 7) is 11.1. The number of carbonyl (C=O) groups excluding carboxylic acids is 1. The van der Waals surface area contributed by atoms with Gasteiger partial charge in [0.1, 0.15) is 5.82 Å². The lowest BCUT2D eigenvalue weighted by Gasteiger charge is -2.36. The summed E-state index contributed by atoms with van der Waals surface area (Å²) in [6.07, 6.45) is 6.26. The molecule has 0 radical (unpaired) electrons. The van der Waals surface area contributed by atoms with Gasteiger partial charge in [-0.05, 0) is 65.0 Å². The largest absolute Gasteiger partial charge is 0.338 e. The maximum Gasteiger partial charge on any atom is 0.317 e. The smallest absolute Gasteiger partial charge is 0.317 e. The fourth-order valence-electron chi connectivity index (χ4n) is 4.16. The third-order valence-electron chi connectivity index (χ3n) is 5.82. The van der Waals surface area contributed by atoms with E-state index in [2.05, 4.69) is 34.0 Å². The van der Waals surface area contributed by atoms with Crippen LogP contribution in [0, 0.1) is 12.8 Å². The molecule has 1 N–H and O–H groups in total. The second-order valence-electron chi connectivity index (χ2n) is 8.07. The van der Waals surface area contributed by atoms with Crippen LogP contribution in [0.3, 0.4) is 0 Å². The Balaban J connectivity index is 1.42. The molecule has 26 heavy (non-hydrogen) atoms. The Bertz CT molecular complexity index is 598. The summed E-state index contributed by atoms with van der Waals surface area (Å²) in [4.78, 5) is 25.7. The van der Waals surface area contributed by atoms with Crippen LogP contribution in [-0.2, 0) is 0 Å². The van der Waals surface area contributed by atoms with Crippen molar-refractivity contribution in [2.24, 2.45) is 5.92 Å². The van der Waals surface area contributed by atoms with Crippen molar-refractivity contribution in [3.63, 3.8) is 0 Å². The van der Waals surface area contributed by atoms with Crippen LogP contribution < -0.4 is 5.32 Å². The highest BCUT2D eigenvalue weighted by molar-refractivity contribution is 5.74. The van der Waals surface area contributed by atoms with Gasteiger partial charge in [0.25, 0.3) is 0 Å². The number of nitrogens with zero attached hydrogens (tertiary/aromatic N) is 4. The van der Waals surface area contributed by atoms with E-state index in [0.29, 0.717) is 17.9 Å². The van der Waals surface area contributed by atoms with Crippen LogP contribution in [0.1, 0.15) is 57.0 Å². The van der Waals surface area contributed by atoms with Crippen LogP contribution in [0.2, 0.25) is 0 Å². The minimum Gasteiger partial charge on any atom is -0.338 e. The van der Waals surface area contributed by atoms with Gasteiger partial charge in [0.15, 0.2) is 0 Å². The summed E-state index contributed by atoms with van der Waals surface area (Å²) < 4.78 is 0. The van der Waals surface area contributed by atoms with E-state index in [1.165, 1.54) is 19.4 Å². The number of piperidine rings is 2. The van der Waals surface area contributed by atoms with Crippen LogP contribution >= 0.6 is 0 Å². The lowest BCUT2D eigenvalue weighted by Crippen LogP contribution is -2.48. The third kappa shape index (κ3) is 4.93. The van der Waals surface area contributed by atoms with E-state index in [9.17, 15) is 4.79 Å². The molecule has 0 bridgehead atoms. The zero-order valence-electron chi connectivity index (χ0n) is 16.4. The average molecular weight is 360 g/mol. The molecule has 2 aliphatic rings. The fraction of sp³-hybridized carbons (Fsp3) is 0.750. The molecule has 6 nitrogen and oxygen atoms in total. The Kier molecular flexibility index (Phi) is 6.46. The molecule has 2 saturated heterocycles. The summed E-state index contributed by atoms with van der Waals surface area (Å²) in [5, 5.41) is 3.18. The predicted octanol–water partition coefficient (Wildman–Crippen LogP) is 2.79. The van der Waals surface area contributed by atoms with Gasteiger partial charge in [-0.1, -0.05) is 0 Å². The second kappa shape index (κ2) is 8.80. The van der Waals surface area contributed by atoms with Crippen LogP contribution in [-0.4, -0.2) is 64.6 Å². The van der Waals surface area contributed by atoms with E-state index in [1.54, 1.807) is 0 Å². The molecule has 1 aromatic heterocycles. The van der Waals surface area contributed by atoms with E-state index in [0.717, 1.165) is 50.5 Å². The molecule has 0 saturated carbocycles. The van der Waals surface area contributed by atoms with Crippen molar-refractivity contribution in [2.75, 3.05) is 32.7 Å². The molecular formula is C20H33N5O. The first-order valence-electron chi connectivity index (χ1n) is 10.1. The SMILES string of the molecule is Cc1nccc(C2CCN(C(=O)NCC3CCCN(C(C)C)C3)CC2)n1. The van der Waals surface area contributed by atoms with E-state index in [4.69, 9.17) is 0 Å². The average Bonchev–Trinajstić information content (AvgIpc) is 2.66. The number of carbonyl (C=O) groups is 1. The number of aromatic nitrogens is 2. The van der Waals surface area contributed by atoms with Gasteiger partial charge < -0.3 is 15.1 Å². The zero-order chi connectivity index (χ0) is 18.5. The van der Waals surface area contributed by atoms with Gasteiger partial charge in [-0.25, -0.2) is 14.8 Å². The molecule has 1 unspecified atom stereocenters.